The predicted molar refractivity (Wildman–Crippen MR) is 232 cm³/mol. The number of benzene rings is 6. The Kier molecular flexibility index (Phi) is 8.33. The first-order chi connectivity index (χ1) is 21.5. The zero-order valence-corrected chi connectivity index (χ0v) is 28.6. The maximum absolute atomic E-state index is 3.75. The number of fused-ring (bicyclic) bond motifs is 1. The number of anilines is 2. The van der Waals surface area contributed by atoms with Gasteiger partial charge < -0.3 is 5.32 Å². The summed E-state index contributed by atoms with van der Waals surface area (Å²) in [5.74, 6) is 0. The van der Waals surface area contributed by atoms with Crippen LogP contribution in [0.2, 0.25) is 0 Å². The van der Waals surface area contributed by atoms with Gasteiger partial charge in [-0.25, -0.2) is 0 Å². The van der Waals surface area contributed by atoms with Crippen molar-refractivity contribution in [3.05, 3.63) is 84.9 Å². The van der Waals surface area contributed by atoms with Crippen molar-refractivity contribution >= 4 is 155 Å². The lowest BCUT2D eigenvalue weighted by molar-refractivity contribution is 1.54. The van der Waals surface area contributed by atoms with E-state index < -0.39 is 0 Å². The summed E-state index contributed by atoms with van der Waals surface area (Å²) in [6.07, 6.45) is 0. The number of hydrogen-bond acceptors (Lipinski definition) is 1. The molecule has 0 spiro atoms. The van der Waals surface area contributed by atoms with Gasteiger partial charge in [0.1, 0.15) is 78.5 Å². The molecule has 6 aromatic carbocycles. The van der Waals surface area contributed by atoms with Crippen LogP contribution < -0.4 is 59.9 Å². The molecule has 1 nitrogen and oxygen atoms in total. The third kappa shape index (κ3) is 5.25. The van der Waals surface area contributed by atoms with E-state index in [1.807, 2.05) is 0 Å². The number of para-hydroxylation sites is 1. The smallest absolute Gasteiger partial charge is 0.139 e. The average molecular weight is 566 g/mol. The second-order valence-corrected chi connectivity index (χ2v) is 13.0. The molecular formula is C34H35B10N. The molecule has 0 bridgehead atoms. The fraction of sp³-hybridized carbons (Fsp3) is 0. The maximum atomic E-state index is 3.75. The van der Waals surface area contributed by atoms with E-state index in [-0.39, 0.29) is 0 Å². The zero-order valence-electron chi connectivity index (χ0n) is 28.6. The van der Waals surface area contributed by atoms with Gasteiger partial charge in [-0.2, -0.15) is 0 Å². The van der Waals surface area contributed by atoms with E-state index in [9.17, 15) is 0 Å². The SMILES string of the molecule is Bc1c(B)c(B)c(-c2ccccc2Nc2ccc(-c3ccc(-c4c(B)c(B)c(B)c(B)c4B)c4ccccc34)cc2)c(B)c1B. The van der Waals surface area contributed by atoms with Gasteiger partial charge in [0.2, 0.25) is 0 Å². The van der Waals surface area contributed by atoms with E-state index in [4.69, 9.17) is 0 Å². The Bertz CT molecular complexity index is 2080. The van der Waals surface area contributed by atoms with Gasteiger partial charge in [0.05, 0.1) is 0 Å². The van der Waals surface area contributed by atoms with Crippen molar-refractivity contribution in [1.82, 2.24) is 0 Å². The van der Waals surface area contributed by atoms with Crippen molar-refractivity contribution < 1.29 is 0 Å². The Morgan fingerprint density at radius 2 is 0.733 bits per heavy atom. The Balaban J connectivity index is 1.39. The van der Waals surface area contributed by atoms with Gasteiger partial charge in [-0.1, -0.05) is 88.6 Å². The lowest BCUT2D eigenvalue weighted by atomic mass is 9.59. The topological polar surface area (TPSA) is 12.0 Å². The van der Waals surface area contributed by atoms with Crippen LogP contribution in [0.3, 0.4) is 0 Å². The quantitative estimate of drug-likeness (QED) is 0.205. The summed E-state index contributed by atoms with van der Waals surface area (Å²) in [4.78, 5) is 0. The highest BCUT2D eigenvalue weighted by Crippen LogP contribution is 2.35. The van der Waals surface area contributed by atoms with Gasteiger partial charge >= 0.3 is 0 Å². The molecule has 0 saturated carbocycles. The highest BCUT2D eigenvalue weighted by molar-refractivity contribution is 6.70. The second kappa shape index (κ2) is 12.1. The molecule has 1 N–H and O–H groups in total. The predicted octanol–water partition coefficient (Wildman–Crippen LogP) is -7.83. The van der Waals surface area contributed by atoms with Crippen LogP contribution in [0.15, 0.2) is 84.9 Å². The monoisotopic (exact) mass is 567 g/mol. The van der Waals surface area contributed by atoms with Gasteiger partial charge in [-0.15, -0.1) is 32.8 Å². The van der Waals surface area contributed by atoms with E-state index in [0.717, 1.165) is 11.4 Å². The first kappa shape index (κ1) is 31.0. The summed E-state index contributed by atoms with van der Waals surface area (Å²) >= 11 is 0. The van der Waals surface area contributed by atoms with Crippen LogP contribution in [-0.4, -0.2) is 78.5 Å². The molecule has 0 amide bonds. The van der Waals surface area contributed by atoms with Gasteiger partial charge in [-0.3, -0.25) is 0 Å². The molecule has 0 heterocycles. The Morgan fingerprint density at radius 3 is 1.27 bits per heavy atom. The highest BCUT2D eigenvalue weighted by Gasteiger charge is 2.18. The molecule has 0 aromatic heterocycles. The summed E-state index contributed by atoms with van der Waals surface area (Å²) in [6.45, 7) is 0. The number of rotatable bonds is 5. The molecule has 6 rings (SSSR count). The van der Waals surface area contributed by atoms with Crippen LogP contribution in [0, 0.1) is 0 Å². The summed E-state index contributed by atoms with van der Waals surface area (Å²) in [7, 11) is 22.6. The van der Waals surface area contributed by atoms with E-state index in [0.29, 0.717) is 0 Å². The minimum Gasteiger partial charge on any atom is -0.355 e. The Morgan fingerprint density at radius 1 is 0.333 bits per heavy atom. The summed E-state index contributed by atoms with van der Waals surface area (Å²) < 4.78 is 0. The molecular weight excluding hydrogens is 531 g/mol. The van der Waals surface area contributed by atoms with Crippen molar-refractivity contribution in [1.29, 1.82) is 0 Å². The molecule has 45 heavy (non-hydrogen) atoms. The van der Waals surface area contributed by atoms with E-state index >= 15 is 0 Å². The van der Waals surface area contributed by atoms with Gasteiger partial charge in [0.15, 0.2) is 0 Å². The van der Waals surface area contributed by atoms with Crippen molar-refractivity contribution in [3.63, 3.8) is 0 Å². The van der Waals surface area contributed by atoms with E-state index in [1.165, 1.54) is 98.8 Å². The largest absolute Gasteiger partial charge is 0.355 e. The molecule has 0 radical (unpaired) electrons. The fourth-order valence-electron chi connectivity index (χ4n) is 7.28. The first-order valence-corrected chi connectivity index (χ1v) is 16.1. The second-order valence-electron chi connectivity index (χ2n) is 13.0. The molecule has 11 heteroatoms. The van der Waals surface area contributed by atoms with Crippen LogP contribution in [0.4, 0.5) is 11.4 Å². The van der Waals surface area contributed by atoms with Gasteiger partial charge in [0, 0.05) is 16.9 Å². The molecule has 0 atom stereocenters. The molecule has 0 aliphatic rings. The molecule has 0 aliphatic heterocycles. The molecule has 0 unspecified atom stereocenters. The molecule has 0 fully saturated rings. The first-order valence-electron chi connectivity index (χ1n) is 16.1. The molecule has 206 valence electrons. The van der Waals surface area contributed by atoms with Crippen LogP contribution in [0.25, 0.3) is 44.2 Å². The Hall–Kier alpha value is -3.97. The normalized spacial score (nSPS) is 11.1. The average Bonchev–Trinajstić information content (AvgIpc) is 3.06. The number of nitrogens with one attached hydrogen (secondary N) is 1. The van der Waals surface area contributed by atoms with Crippen LogP contribution in [0.5, 0.6) is 0 Å². The molecule has 6 aromatic rings. The third-order valence-corrected chi connectivity index (χ3v) is 10.9. The van der Waals surface area contributed by atoms with Crippen LogP contribution in [-0.2, 0) is 0 Å². The van der Waals surface area contributed by atoms with E-state index in [2.05, 4.69) is 169 Å². The molecule has 0 aliphatic carbocycles. The van der Waals surface area contributed by atoms with Crippen LogP contribution >= 0.6 is 0 Å². The van der Waals surface area contributed by atoms with Crippen LogP contribution in [0.1, 0.15) is 0 Å². The maximum Gasteiger partial charge on any atom is 0.139 e. The lowest BCUT2D eigenvalue weighted by Gasteiger charge is -2.23. The van der Waals surface area contributed by atoms with E-state index in [1.54, 1.807) is 0 Å². The van der Waals surface area contributed by atoms with Crippen molar-refractivity contribution in [2.45, 2.75) is 0 Å². The Labute approximate surface area is 277 Å². The van der Waals surface area contributed by atoms with Crippen molar-refractivity contribution in [2.75, 3.05) is 5.32 Å². The summed E-state index contributed by atoms with van der Waals surface area (Å²) in [5, 5.41) is 6.34. The minimum atomic E-state index is 1.08. The van der Waals surface area contributed by atoms with Gasteiger partial charge in [-0.05, 0) is 56.8 Å². The van der Waals surface area contributed by atoms with Gasteiger partial charge in [0.25, 0.3) is 0 Å². The highest BCUT2D eigenvalue weighted by atomic mass is 14.9. The summed E-state index contributed by atoms with van der Waals surface area (Å²) in [6, 6.07) is 31.1. The number of hydrogen-bond donors (Lipinski definition) is 1. The minimum absolute atomic E-state index is 1.08. The lowest BCUT2D eigenvalue weighted by Crippen LogP contribution is -2.55. The fourth-order valence-corrected chi connectivity index (χ4v) is 7.28. The third-order valence-electron chi connectivity index (χ3n) is 10.9. The molecule has 0 saturated heterocycles. The van der Waals surface area contributed by atoms with Crippen molar-refractivity contribution in [3.8, 4) is 33.4 Å². The van der Waals surface area contributed by atoms with Crippen molar-refractivity contribution in [2.24, 2.45) is 0 Å². The zero-order chi connectivity index (χ0) is 32.2. The summed E-state index contributed by atoms with van der Waals surface area (Å²) in [5.41, 5.74) is 23.8. The standard InChI is InChI=1S/C34H35B10N/c35-25-23(26(36)30(40)33(43)29(25)39)20-14-13-17(18-5-1-2-6-19(18)20)15-9-11-16(12-10-15)45-22-8-4-3-7-21(22)24-27(37)31(41)34(44)32(42)28(24)38/h1-14,45H,35-44H2.